The minimum absolute atomic E-state index is 0.00241. The van der Waals surface area contributed by atoms with Gasteiger partial charge in [-0.2, -0.15) is 0 Å². The van der Waals surface area contributed by atoms with Crippen molar-refractivity contribution >= 4 is 56.0 Å². The van der Waals surface area contributed by atoms with Gasteiger partial charge < -0.3 is 11.1 Å². The van der Waals surface area contributed by atoms with E-state index in [0.717, 1.165) is 8.45 Å². The molecule has 114 valence electrons. The molecule has 0 aromatic carbocycles. The number of nitrogens with zero attached hydrogens (tertiary/aromatic N) is 2. The third kappa shape index (κ3) is 2.91. The van der Waals surface area contributed by atoms with Gasteiger partial charge in [-0.25, -0.2) is 4.98 Å². The summed E-state index contributed by atoms with van der Waals surface area (Å²) in [7, 11) is 0. The molecule has 2 rings (SSSR count). The van der Waals surface area contributed by atoms with Crippen molar-refractivity contribution in [3.05, 3.63) is 18.8 Å². The summed E-state index contributed by atoms with van der Waals surface area (Å²) < 4.78 is 2.26. The van der Waals surface area contributed by atoms with Gasteiger partial charge in [0.2, 0.25) is 11.9 Å². The van der Waals surface area contributed by atoms with E-state index in [-0.39, 0.29) is 23.5 Å². The number of rotatable bonds is 3. The van der Waals surface area contributed by atoms with Crippen molar-refractivity contribution in [3.8, 4) is 0 Å². The Balaban J connectivity index is 2.61. The van der Waals surface area contributed by atoms with Crippen LogP contribution in [-0.4, -0.2) is 21.5 Å². The zero-order valence-corrected chi connectivity index (χ0v) is 15.2. The molecule has 0 bridgehead atoms. The summed E-state index contributed by atoms with van der Waals surface area (Å²) in [4.78, 5) is 29.7. The first kappa shape index (κ1) is 16.2. The van der Waals surface area contributed by atoms with E-state index in [2.05, 4.69) is 32.9 Å². The maximum atomic E-state index is 12.7. The molecule has 0 fully saturated rings. The summed E-state index contributed by atoms with van der Waals surface area (Å²) in [5, 5.41) is 3.33. The number of aryl methyl sites for hydroxylation is 1. The van der Waals surface area contributed by atoms with Crippen LogP contribution in [0.2, 0.25) is 0 Å². The van der Waals surface area contributed by atoms with Crippen LogP contribution in [0.25, 0.3) is 10.2 Å². The quantitative estimate of drug-likeness (QED) is 0.744. The van der Waals surface area contributed by atoms with Crippen molar-refractivity contribution < 1.29 is 4.79 Å². The van der Waals surface area contributed by atoms with Crippen molar-refractivity contribution in [2.45, 2.75) is 39.8 Å². The lowest BCUT2D eigenvalue weighted by molar-refractivity contribution is -0.124. The van der Waals surface area contributed by atoms with Crippen molar-refractivity contribution in [2.24, 2.45) is 0 Å². The minimum atomic E-state index is -0.700. The Morgan fingerprint density at radius 1 is 1.43 bits per heavy atom. The molecule has 0 saturated heterocycles. The summed E-state index contributed by atoms with van der Waals surface area (Å²) in [5.74, 6) is -0.181. The lowest BCUT2D eigenvalue weighted by Gasteiger charge is -2.18. The lowest BCUT2D eigenvalue weighted by atomic mass is 10.2. The molecule has 0 aliphatic carbocycles. The number of hydrogen-bond acceptors (Lipinski definition) is 5. The van der Waals surface area contributed by atoms with Gasteiger partial charge in [-0.1, -0.05) is 0 Å². The molecule has 8 heteroatoms. The maximum Gasteiger partial charge on any atom is 0.264 e. The Morgan fingerprint density at radius 2 is 2.05 bits per heavy atom. The molecule has 21 heavy (non-hydrogen) atoms. The number of nitrogens with one attached hydrogen (secondary N) is 1. The number of aromatic nitrogens is 2. The Kier molecular flexibility index (Phi) is 4.57. The highest BCUT2D eigenvalue weighted by molar-refractivity contribution is 14.1. The Hall–Kier alpha value is -1.16. The summed E-state index contributed by atoms with van der Waals surface area (Å²) in [6.07, 6.45) is 0. The largest absolute Gasteiger partial charge is 0.369 e. The number of thiophene rings is 1. The molecular weight excluding hydrogens is 403 g/mol. The van der Waals surface area contributed by atoms with Crippen LogP contribution >= 0.6 is 33.9 Å². The zero-order chi connectivity index (χ0) is 15.9. The van der Waals surface area contributed by atoms with Crippen LogP contribution in [0.5, 0.6) is 0 Å². The van der Waals surface area contributed by atoms with E-state index in [1.165, 1.54) is 15.9 Å². The number of halogens is 1. The van der Waals surface area contributed by atoms with E-state index >= 15 is 0 Å². The summed E-state index contributed by atoms with van der Waals surface area (Å²) in [6.45, 7) is 7.26. The average Bonchev–Trinajstić information content (AvgIpc) is 2.63. The van der Waals surface area contributed by atoms with Crippen molar-refractivity contribution in [2.75, 3.05) is 5.73 Å². The predicted molar refractivity (Wildman–Crippen MR) is 93.7 cm³/mol. The van der Waals surface area contributed by atoms with Crippen LogP contribution in [0, 0.1) is 9.81 Å². The number of fused-ring (bicyclic) bond motifs is 1. The number of nitrogen functional groups attached to an aromatic ring is 1. The molecule has 3 N–H and O–H groups in total. The van der Waals surface area contributed by atoms with Gasteiger partial charge >= 0.3 is 0 Å². The Bertz CT molecular complexity index is 766. The number of nitrogens with two attached hydrogens (primary N) is 1. The second-order valence-corrected chi connectivity index (χ2v) is 7.98. The van der Waals surface area contributed by atoms with E-state index in [9.17, 15) is 9.59 Å². The lowest BCUT2D eigenvalue weighted by Crippen LogP contribution is -2.40. The van der Waals surface area contributed by atoms with Gasteiger partial charge in [0, 0.05) is 6.04 Å². The first-order chi connectivity index (χ1) is 9.73. The summed E-state index contributed by atoms with van der Waals surface area (Å²) in [5.41, 5.74) is 6.52. The molecule has 2 aromatic rings. The average molecular weight is 420 g/mol. The molecular formula is C13H17IN4O2S. The highest BCUT2D eigenvalue weighted by atomic mass is 127. The molecule has 0 saturated carbocycles. The highest BCUT2D eigenvalue weighted by Crippen LogP contribution is 2.29. The van der Waals surface area contributed by atoms with Crippen molar-refractivity contribution in [3.63, 3.8) is 0 Å². The van der Waals surface area contributed by atoms with Gasteiger partial charge in [0.05, 0.1) is 8.27 Å². The topological polar surface area (TPSA) is 90.0 Å². The Morgan fingerprint density at radius 3 is 2.62 bits per heavy atom. The SMILES string of the molecule is Cc1c(I)sc2nc(N)n(C(C)C(=O)NC(C)C)c(=O)c12. The van der Waals surface area contributed by atoms with E-state index in [0.29, 0.717) is 10.2 Å². The van der Waals surface area contributed by atoms with Crippen LogP contribution in [-0.2, 0) is 4.79 Å². The number of amides is 1. The number of carbonyl (C=O) groups is 1. The molecule has 0 aliphatic heterocycles. The fourth-order valence-electron chi connectivity index (χ4n) is 2.08. The summed E-state index contributed by atoms with van der Waals surface area (Å²) in [6, 6.07) is -0.703. The fourth-order valence-corrected chi connectivity index (χ4v) is 3.88. The van der Waals surface area contributed by atoms with E-state index < -0.39 is 6.04 Å². The smallest absolute Gasteiger partial charge is 0.264 e. The van der Waals surface area contributed by atoms with E-state index in [1.54, 1.807) is 6.92 Å². The van der Waals surface area contributed by atoms with Crippen LogP contribution in [0.4, 0.5) is 5.95 Å². The van der Waals surface area contributed by atoms with Crippen LogP contribution in [0.3, 0.4) is 0 Å². The molecule has 6 nitrogen and oxygen atoms in total. The molecule has 1 unspecified atom stereocenters. The monoisotopic (exact) mass is 420 g/mol. The third-order valence-electron chi connectivity index (χ3n) is 3.16. The van der Waals surface area contributed by atoms with Gasteiger partial charge in [-0.05, 0) is 55.8 Å². The minimum Gasteiger partial charge on any atom is -0.369 e. The normalized spacial score (nSPS) is 12.9. The van der Waals surface area contributed by atoms with Gasteiger partial charge in [0.15, 0.2) is 0 Å². The third-order valence-corrected chi connectivity index (χ3v) is 5.61. The second kappa shape index (κ2) is 5.91. The standard InChI is InChI=1S/C13H17IN4O2S/c1-5(2)16-10(19)7(4)18-12(20)8-6(3)9(14)21-11(8)17-13(18)15/h5,7H,1-4H3,(H2,15,17)(H,16,19). The predicted octanol–water partition coefficient (Wildman–Crippen LogP) is 2.04. The molecule has 0 aliphatic rings. The fraction of sp³-hybridized carbons (Fsp3) is 0.462. The van der Waals surface area contributed by atoms with Crippen LogP contribution in [0.1, 0.15) is 32.4 Å². The van der Waals surface area contributed by atoms with E-state index in [4.69, 9.17) is 5.73 Å². The molecule has 2 heterocycles. The van der Waals surface area contributed by atoms with Crippen molar-refractivity contribution in [1.82, 2.24) is 14.9 Å². The Labute approximate surface area is 139 Å². The molecule has 0 spiro atoms. The van der Waals surface area contributed by atoms with E-state index in [1.807, 2.05) is 20.8 Å². The first-order valence-corrected chi connectivity index (χ1v) is 8.40. The highest BCUT2D eigenvalue weighted by Gasteiger charge is 2.23. The van der Waals surface area contributed by atoms with Gasteiger partial charge in [-0.15, -0.1) is 11.3 Å². The molecule has 1 amide bonds. The molecule has 0 radical (unpaired) electrons. The first-order valence-electron chi connectivity index (χ1n) is 6.51. The molecule has 1 atom stereocenters. The van der Waals surface area contributed by atoms with Crippen molar-refractivity contribution in [1.29, 1.82) is 0 Å². The van der Waals surface area contributed by atoms with Crippen LogP contribution in [0.15, 0.2) is 4.79 Å². The maximum absolute atomic E-state index is 12.7. The zero-order valence-electron chi connectivity index (χ0n) is 12.2. The summed E-state index contributed by atoms with van der Waals surface area (Å²) >= 11 is 3.60. The van der Waals surface area contributed by atoms with Crippen LogP contribution < -0.4 is 16.6 Å². The number of carbonyl (C=O) groups excluding carboxylic acids is 1. The van der Waals surface area contributed by atoms with Gasteiger partial charge in [0.1, 0.15) is 10.9 Å². The molecule has 2 aromatic heterocycles. The van der Waals surface area contributed by atoms with Gasteiger partial charge in [-0.3, -0.25) is 14.2 Å². The van der Waals surface area contributed by atoms with Gasteiger partial charge in [0.25, 0.3) is 5.56 Å². The number of anilines is 1. The number of hydrogen-bond donors (Lipinski definition) is 2. The second-order valence-electron chi connectivity index (χ2n) is 5.17.